The zero-order valence-corrected chi connectivity index (χ0v) is 13.5. The normalized spacial score (nSPS) is 10.8. The van der Waals surface area contributed by atoms with Gasteiger partial charge in [0.25, 0.3) is 5.89 Å². The maximum atomic E-state index is 11.7. The molecule has 3 rings (SSSR count). The number of hydrogen-bond acceptors (Lipinski definition) is 7. The van der Waals surface area contributed by atoms with E-state index in [0.29, 0.717) is 5.82 Å². The summed E-state index contributed by atoms with van der Waals surface area (Å²) in [6.45, 7) is -0.0978. The number of aromatic nitrogens is 3. The van der Waals surface area contributed by atoms with Gasteiger partial charge >= 0.3 is 5.97 Å². The number of esters is 1. The molecule has 0 saturated heterocycles. The topological polar surface area (TPSA) is 87.3 Å². The molecule has 7 heteroatoms. The van der Waals surface area contributed by atoms with Crippen molar-refractivity contribution in [2.24, 2.45) is 0 Å². The Hall–Kier alpha value is -3.48. The van der Waals surface area contributed by atoms with Crippen molar-refractivity contribution >= 4 is 12.0 Å². The second kappa shape index (κ2) is 7.87. The van der Waals surface area contributed by atoms with Crippen LogP contribution in [0.15, 0.2) is 59.4 Å². The number of carbonyl (C=O) groups is 1. The first-order chi connectivity index (χ1) is 12.2. The maximum Gasteiger partial charge on any atom is 0.331 e. The van der Waals surface area contributed by atoms with Gasteiger partial charge in [-0.15, -0.1) is 0 Å². The Labute approximate surface area is 143 Å². The van der Waals surface area contributed by atoms with Gasteiger partial charge in [-0.2, -0.15) is 4.98 Å². The van der Waals surface area contributed by atoms with Gasteiger partial charge in [-0.25, -0.2) is 4.79 Å². The molecule has 0 N–H and O–H groups in total. The smallest absolute Gasteiger partial charge is 0.331 e. The van der Waals surface area contributed by atoms with Crippen LogP contribution in [0.1, 0.15) is 11.5 Å². The molecule has 0 bridgehead atoms. The van der Waals surface area contributed by atoms with Crippen molar-refractivity contribution in [1.82, 2.24) is 15.1 Å². The average Bonchev–Trinajstić information content (AvgIpc) is 3.14. The summed E-state index contributed by atoms with van der Waals surface area (Å²) in [5.41, 5.74) is 1.58. The summed E-state index contributed by atoms with van der Waals surface area (Å²) < 4.78 is 15.3. The minimum atomic E-state index is -0.506. The van der Waals surface area contributed by atoms with Crippen LogP contribution >= 0.6 is 0 Å². The van der Waals surface area contributed by atoms with Gasteiger partial charge in [0.2, 0.25) is 5.82 Å². The first-order valence-electron chi connectivity index (χ1n) is 7.46. The van der Waals surface area contributed by atoms with Crippen LogP contribution in [0, 0.1) is 0 Å². The Kier molecular flexibility index (Phi) is 5.16. The van der Waals surface area contributed by atoms with E-state index < -0.39 is 5.97 Å². The molecule has 126 valence electrons. The predicted molar refractivity (Wildman–Crippen MR) is 89.4 cm³/mol. The lowest BCUT2D eigenvalue weighted by Crippen LogP contribution is -2.01. The zero-order chi connectivity index (χ0) is 17.5. The minimum absolute atomic E-state index is 0.0978. The van der Waals surface area contributed by atoms with Gasteiger partial charge in [0.1, 0.15) is 5.75 Å². The second-order valence-corrected chi connectivity index (χ2v) is 4.97. The van der Waals surface area contributed by atoms with Crippen LogP contribution in [-0.4, -0.2) is 28.2 Å². The number of hydrogen-bond donors (Lipinski definition) is 0. The van der Waals surface area contributed by atoms with Gasteiger partial charge in [-0.05, 0) is 42.0 Å². The molecule has 3 aromatic rings. The predicted octanol–water partition coefficient (Wildman–Crippen LogP) is 2.90. The van der Waals surface area contributed by atoms with E-state index in [1.54, 1.807) is 43.8 Å². The lowest BCUT2D eigenvalue weighted by atomic mass is 10.2. The highest BCUT2D eigenvalue weighted by Gasteiger charge is 2.10. The number of pyridine rings is 1. The van der Waals surface area contributed by atoms with E-state index in [-0.39, 0.29) is 12.5 Å². The third-order valence-electron chi connectivity index (χ3n) is 3.25. The Balaban J connectivity index is 1.56. The number of rotatable bonds is 6. The molecule has 2 aromatic heterocycles. The number of nitrogens with zero attached hydrogens (tertiary/aromatic N) is 3. The Bertz CT molecular complexity index is 858. The molecule has 0 fully saturated rings. The molecule has 2 heterocycles. The molecule has 1 aromatic carbocycles. The molecular weight excluding hydrogens is 322 g/mol. The molecule has 25 heavy (non-hydrogen) atoms. The summed E-state index contributed by atoms with van der Waals surface area (Å²) in [7, 11) is 1.60. The summed E-state index contributed by atoms with van der Waals surface area (Å²) in [4.78, 5) is 19.9. The molecule has 0 aliphatic rings. The molecule has 0 saturated carbocycles. The van der Waals surface area contributed by atoms with Gasteiger partial charge in [-0.3, -0.25) is 4.98 Å². The van der Waals surface area contributed by atoms with E-state index in [0.717, 1.165) is 16.9 Å². The molecule has 0 amide bonds. The highest BCUT2D eigenvalue weighted by atomic mass is 16.6. The van der Waals surface area contributed by atoms with Crippen LogP contribution in [0.25, 0.3) is 17.5 Å². The first-order valence-corrected chi connectivity index (χ1v) is 7.46. The van der Waals surface area contributed by atoms with Crippen molar-refractivity contribution in [2.45, 2.75) is 6.61 Å². The molecule has 0 spiro atoms. The lowest BCUT2D eigenvalue weighted by Gasteiger charge is -1.99. The van der Waals surface area contributed by atoms with Crippen molar-refractivity contribution < 1.29 is 18.8 Å². The Morgan fingerprint density at radius 3 is 2.80 bits per heavy atom. The fourth-order valence-corrected chi connectivity index (χ4v) is 1.99. The van der Waals surface area contributed by atoms with Gasteiger partial charge in [-0.1, -0.05) is 11.2 Å². The standard InChI is InChI=1S/C18H15N3O4/c1-23-15-7-5-14(6-8-15)18-20-16(25-21-18)12-24-17(22)9-4-13-3-2-10-19-11-13/h2-11H,12H2,1H3/b9-4+. The third-order valence-corrected chi connectivity index (χ3v) is 3.25. The van der Waals surface area contributed by atoms with Crippen LogP contribution in [0.4, 0.5) is 0 Å². The van der Waals surface area contributed by atoms with Gasteiger partial charge < -0.3 is 14.0 Å². The van der Waals surface area contributed by atoms with Crippen LogP contribution in [-0.2, 0) is 16.1 Å². The quantitative estimate of drug-likeness (QED) is 0.505. The SMILES string of the molecule is COc1ccc(-c2noc(COC(=O)/C=C/c3cccnc3)n2)cc1. The number of ether oxygens (including phenoxy) is 2. The first kappa shape index (κ1) is 16.4. The lowest BCUT2D eigenvalue weighted by molar-refractivity contribution is -0.139. The Morgan fingerprint density at radius 2 is 2.08 bits per heavy atom. The van der Waals surface area contributed by atoms with E-state index in [9.17, 15) is 4.79 Å². The van der Waals surface area contributed by atoms with E-state index in [2.05, 4.69) is 15.1 Å². The summed E-state index contributed by atoms with van der Waals surface area (Å²) >= 11 is 0. The number of methoxy groups -OCH3 is 1. The number of benzene rings is 1. The van der Waals surface area contributed by atoms with Crippen molar-refractivity contribution in [3.8, 4) is 17.1 Å². The van der Waals surface area contributed by atoms with Crippen molar-refractivity contribution in [1.29, 1.82) is 0 Å². The molecule has 0 unspecified atom stereocenters. The summed E-state index contributed by atoms with van der Waals surface area (Å²) in [6.07, 6.45) is 6.23. The van der Waals surface area contributed by atoms with Crippen molar-refractivity contribution in [3.05, 3.63) is 66.3 Å². The molecule has 0 atom stereocenters. The summed E-state index contributed by atoms with van der Waals surface area (Å²) in [6, 6.07) is 10.8. The monoisotopic (exact) mass is 337 g/mol. The van der Waals surface area contributed by atoms with E-state index in [1.165, 1.54) is 6.08 Å². The fourth-order valence-electron chi connectivity index (χ4n) is 1.99. The van der Waals surface area contributed by atoms with Gasteiger partial charge in [0.15, 0.2) is 6.61 Å². The highest BCUT2D eigenvalue weighted by molar-refractivity contribution is 5.86. The van der Waals surface area contributed by atoms with Crippen LogP contribution in [0.5, 0.6) is 5.75 Å². The Morgan fingerprint density at radius 1 is 1.24 bits per heavy atom. The maximum absolute atomic E-state index is 11.7. The van der Waals surface area contributed by atoms with E-state index in [4.69, 9.17) is 14.0 Å². The van der Waals surface area contributed by atoms with Crippen LogP contribution in [0.2, 0.25) is 0 Å². The van der Waals surface area contributed by atoms with Crippen molar-refractivity contribution in [2.75, 3.05) is 7.11 Å². The molecular formula is C18H15N3O4. The van der Waals surface area contributed by atoms with Gasteiger partial charge in [0, 0.05) is 24.0 Å². The molecule has 0 aliphatic carbocycles. The minimum Gasteiger partial charge on any atom is -0.497 e. The molecule has 0 radical (unpaired) electrons. The zero-order valence-electron chi connectivity index (χ0n) is 13.5. The highest BCUT2D eigenvalue weighted by Crippen LogP contribution is 2.19. The average molecular weight is 337 g/mol. The summed E-state index contributed by atoms with van der Waals surface area (Å²) in [5.74, 6) is 0.864. The van der Waals surface area contributed by atoms with Crippen molar-refractivity contribution in [3.63, 3.8) is 0 Å². The largest absolute Gasteiger partial charge is 0.497 e. The third kappa shape index (κ3) is 4.51. The van der Waals surface area contributed by atoms with E-state index in [1.807, 2.05) is 18.2 Å². The van der Waals surface area contributed by atoms with Crippen LogP contribution in [0.3, 0.4) is 0 Å². The van der Waals surface area contributed by atoms with Crippen LogP contribution < -0.4 is 4.74 Å². The number of carbonyl (C=O) groups excluding carboxylic acids is 1. The fraction of sp³-hybridized carbons (Fsp3) is 0.111. The molecule has 7 nitrogen and oxygen atoms in total. The second-order valence-electron chi connectivity index (χ2n) is 4.97. The van der Waals surface area contributed by atoms with E-state index >= 15 is 0 Å². The molecule has 0 aliphatic heterocycles. The van der Waals surface area contributed by atoms with Gasteiger partial charge in [0.05, 0.1) is 7.11 Å². The summed E-state index contributed by atoms with van der Waals surface area (Å²) in [5, 5.41) is 3.87.